The van der Waals surface area contributed by atoms with E-state index in [0.29, 0.717) is 0 Å². The number of nitrogens with zero attached hydrogens (tertiary/aromatic N) is 1. The molecule has 30 heavy (non-hydrogen) atoms. The third kappa shape index (κ3) is 4.46. The maximum Gasteiger partial charge on any atom is 0.416 e. The standard InChI is InChI=1S/C19H19F4NO4S2/c1-29(25,26)15-6-7-16(17(11-15)30(2,27)28)24-9-8-18(20,12-24)13-4-3-5-14(10-13)19(21,22)23/h3-7,10-11H,8-9,12H2,1-2H3. The van der Waals surface area contributed by atoms with Gasteiger partial charge in [-0.25, -0.2) is 21.2 Å². The van der Waals surface area contributed by atoms with E-state index in [-0.39, 0.29) is 40.6 Å². The second kappa shape index (κ2) is 7.23. The van der Waals surface area contributed by atoms with Crippen molar-refractivity contribution in [1.82, 2.24) is 0 Å². The minimum absolute atomic E-state index is 0.0491. The Labute approximate surface area is 172 Å². The topological polar surface area (TPSA) is 71.5 Å². The lowest BCUT2D eigenvalue weighted by molar-refractivity contribution is -0.137. The van der Waals surface area contributed by atoms with Crippen LogP contribution in [0.5, 0.6) is 0 Å². The summed E-state index contributed by atoms with van der Waals surface area (Å²) in [6.45, 7) is -0.317. The van der Waals surface area contributed by atoms with Crippen LogP contribution in [-0.4, -0.2) is 42.4 Å². The van der Waals surface area contributed by atoms with Crippen LogP contribution in [0.15, 0.2) is 52.3 Å². The van der Waals surface area contributed by atoms with Crippen LogP contribution in [0.2, 0.25) is 0 Å². The molecule has 2 aromatic carbocycles. The van der Waals surface area contributed by atoms with Crippen LogP contribution < -0.4 is 4.90 Å². The van der Waals surface area contributed by atoms with Crippen LogP contribution in [-0.2, 0) is 31.5 Å². The predicted octanol–water partition coefficient (Wildman–Crippen LogP) is 3.59. The van der Waals surface area contributed by atoms with Crippen molar-refractivity contribution in [2.24, 2.45) is 0 Å². The fourth-order valence-corrected chi connectivity index (χ4v) is 5.11. The number of halogens is 4. The Morgan fingerprint density at radius 2 is 1.63 bits per heavy atom. The molecule has 0 saturated carbocycles. The van der Waals surface area contributed by atoms with Gasteiger partial charge in [-0.15, -0.1) is 0 Å². The molecule has 3 rings (SSSR count). The average Bonchev–Trinajstić information content (AvgIpc) is 3.03. The van der Waals surface area contributed by atoms with Gasteiger partial charge in [0.05, 0.1) is 27.6 Å². The summed E-state index contributed by atoms with van der Waals surface area (Å²) < 4.78 is 103. The quantitative estimate of drug-likeness (QED) is 0.646. The van der Waals surface area contributed by atoms with Gasteiger partial charge in [0.15, 0.2) is 25.3 Å². The van der Waals surface area contributed by atoms with E-state index in [2.05, 4.69) is 0 Å². The first-order valence-corrected chi connectivity index (χ1v) is 12.6. The Hall–Kier alpha value is -2.14. The second-order valence-electron chi connectivity index (χ2n) is 7.39. The maximum atomic E-state index is 15.6. The van der Waals surface area contributed by atoms with Gasteiger partial charge in [-0.05, 0) is 35.9 Å². The third-order valence-electron chi connectivity index (χ3n) is 5.03. The molecule has 11 heteroatoms. The van der Waals surface area contributed by atoms with Gasteiger partial charge >= 0.3 is 6.18 Å². The van der Waals surface area contributed by atoms with Gasteiger partial charge in [0, 0.05) is 25.5 Å². The summed E-state index contributed by atoms with van der Waals surface area (Å²) in [7, 11) is -7.53. The van der Waals surface area contributed by atoms with E-state index in [0.717, 1.165) is 36.8 Å². The van der Waals surface area contributed by atoms with E-state index in [1.165, 1.54) is 23.1 Å². The first kappa shape index (κ1) is 22.5. The molecule has 1 fully saturated rings. The van der Waals surface area contributed by atoms with Crippen molar-refractivity contribution in [2.75, 3.05) is 30.5 Å². The number of sulfone groups is 2. The molecule has 0 aromatic heterocycles. The SMILES string of the molecule is CS(=O)(=O)c1ccc(N2CCC(F)(c3cccc(C(F)(F)F)c3)C2)c(S(C)(=O)=O)c1. The molecule has 5 nitrogen and oxygen atoms in total. The Balaban J connectivity index is 2.01. The lowest BCUT2D eigenvalue weighted by atomic mass is 9.93. The van der Waals surface area contributed by atoms with Crippen molar-refractivity contribution in [2.45, 2.75) is 28.1 Å². The van der Waals surface area contributed by atoms with E-state index < -0.39 is 37.1 Å². The van der Waals surface area contributed by atoms with Crippen LogP contribution in [0, 0.1) is 0 Å². The fourth-order valence-electron chi connectivity index (χ4n) is 3.47. The van der Waals surface area contributed by atoms with Gasteiger partial charge in [0.25, 0.3) is 0 Å². The molecule has 0 radical (unpaired) electrons. The molecular weight excluding hydrogens is 446 g/mol. The Morgan fingerprint density at radius 1 is 0.967 bits per heavy atom. The molecule has 1 unspecified atom stereocenters. The van der Waals surface area contributed by atoms with Crippen LogP contribution in [0.25, 0.3) is 0 Å². The minimum atomic E-state index is -4.62. The minimum Gasteiger partial charge on any atom is -0.367 e. The van der Waals surface area contributed by atoms with Crippen LogP contribution >= 0.6 is 0 Å². The number of anilines is 1. The Kier molecular flexibility index (Phi) is 5.43. The van der Waals surface area contributed by atoms with Gasteiger partial charge in [0.1, 0.15) is 0 Å². The number of alkyl halides is 4. The molecule has 0 aliphatic carbocycles. The van der Waals surface area contributed by atoms with Gasteiger partial charge in [-0.2, -0.15) is 13.2 Å². The van der Waals surface area contributed by atoms with Gasteiger partial charge in [-0.1, -0.05) is 12.1 Å². The first-order valence-electron chi connectivity index (χ1n) is 8.77. The summed E-state index contributed by atoms with van der Waals surface area (Å²) in [5, 5.41) is 0. The van der Waals surface area contributed by atoms with Crippen molar-refractivity contribution >= 4 is 25.4 Å². The summed E-state index contributed by atoms with van der Waals surface area (Å²) in [5.74, 6) is 0. The summed E-state index contributed by atoms with van der Waals surface area (Å²) in [6.07, 6.45) is -2.92. The smallest absolute Gasteiger partial charge is 0.367 e. The van der Waals surface area contributed by atoms with Crippen LogP contribution in [0.4, 0.5) is 23.2 Å². The highest BCUT2D eigenvalue weighted by Crippen LogP contribution is 2.42. The summed E-state index contributed by atoms with van der Waals surface area (Å²) in [4.78, 5) is 0.928. The highest BCUT2D eigenvalue weighted by molar-refractivity contribution is 7.91. The molecule has 1 aliphatic rings. The zero-order valence-corrected chi connectivity index (χ0v) is 17.7. The highest BCUT2D eigenvalue weighted by atomic mass is 32.2. The van der Waals surface area contributed by atoms with Crippen molar-refractivity contribution in [3.63, 3.8) is 0 Å². The lowest BCUT2D eigenvalue weighted by Gasteiger charge is -2.25. The van der Waals surface area contributed by atoms with E-state index in [1.54, 1.807) is 0 Å². The molecule has 2 aromatic rings. The van der Waals surface area contributed by atoms with Gasteiger partial charge < -0.3 is 4.90 Å². The second-order valence-corrected chi connectivity index (χ2v) is 11.4. The number of benzene rings is 2. The summed E-state index contributed by atoms with van der Waals surface area (Å²) in [6, 6.07) is 7.53. The number of hydrogen-bond donors (Lipinski definition) is 0. The molecule has 1 atom stereocenters. The molecule has 1 saturated heterocycles. The van der Waals surface area contributed by atoms with Crippen molar-refractivity contribution in [1.29, 1.82) is 0 Å². The maximum absolute atomic E-state index is 15.6. The predicted molar refractivity (Wildman–Crippen MR) is 104 cm³/mol. The zero-order chi connectivity index (χ0) is 22.5. The molecule has 0 amide bonds. The number of rotatable bonds is 4. The molecule has 0 N–H and O–H groups in total. The van der Waals surface area contributed by atoms with Crippen LogP contribution in [0.3, 0.4) is 0 Å². The molecule has 0 spiro atoms. The largest absolute Gasteiger partial charge is 0.416 e. The third-order valence-corrected chi connectivity index (χ3v) is 7.26. The average molecular weight is 465 g/mol. The highest BCUT2D eigenvalue weighted by Gasteiger charge is 2.42. The summed E-state index contributed by atoms with van der Waals surface area (Å²) >= 11 is 0. The normalized spacial score (nSPS) is 20.5. The summed E-state index contributed by atoms with van der Waals surface area (Å²) in [5.41, 5.74) is -3.12. The van der Waals surface area contributed by atoms with E-state index in [9.17, 15) is 30.0 Å². The van der Waals surface area contributed by atoms with Crippen LogP contribution in [0.1, 0.15) is 17.5 Å². The monoisotopic (exact) mass is 465 g/mol. The molecule has 1 heterocycles. The van der Waals surface area contributed by atoms with Crippen molar-refractivity contribution in [3.8, 4) is 0 Å². The molecule has 0 bridgehead atoms. The Morgan fingerprint density at radius 3 is 2.20 bits per heavy atom. The number of hydrogen-bond acceptors (Lipinski definition) is 5. The lowest BCUT2D eigenvalue weighted by Crippen LogP contribution is -2.28. The Bertz CT molecular complexity index is 1190. The molecule has 1 aliphatic heterocycles. The van der Waals surface area contributed by atoms with E-state index >= 15 is 4.39 Å². The first-order chi connectivity index (χ1) is 13.6. The zero-order valence-electron chi connectivity index (χ0n) is 16.1. The fraction of sp³-hybridized carbons (Fsp3) is 0.368. The van der Waals surface area contributed by atoms with E-state index in [4.69, 9.17) is 0 Å². The molecular formula is C19H19F4NO4S2. The van der Waals surface area contributed by atoms with Crippen molar-refractivity contribution < 1.29 is 34.4 Å². The van der Waals surface area contributed by atoms with Gasteiger partial charge in [-0.3, -0.25) is 0 Å². The molecule has 164 valence electrons. The van der Waals surface area contributed by atoms with Gasteiger partial charge in [0.2, 0.25) is 0 Å². The van der Waals surface area contributed by atoms with Crippen molar-refractivity contribution in [3.05, 3.63) is 53.6 Å². The van der Waals surface area contributed by atoms with E-state index in [1.807, 2.05) is 0 Å².